The van der Waals surface area contributed by atoms with Crippen LogP contribution in [0.25, 0.3) is 0 Å². The van der Waals surface area contributed by atoms with Crippen LogP contribution in [0.1, 0.15) is 6.42 Å². The zero-order chi connectivity index (χ0) is 14.4. The number of amides is 1. The van der Waals surface area contributed by atoms with Crippen LogP contribution in [0.3, 0.4) is 0 Å². The molecule has 1 N–H and O–H groups in total. The number of carbonyl (C=O) groups excluding carboxylic acids is 1. The Labute approximate surface area is 117 Å². The summed E-state index contributed by atoms with van der Waals surface area (Å²) in [6.07, 6.45) is 0.257. The summed E-state index contributed by atoms with van der Waals surface area (Å²) >= 11 is 5.86. The van der Waals surface area contributed by atoms with E-state index in [-0.39, 0.29) is 18.9 Å². The van der Waals surface area contributed by atoms with Gasteiger partial charge in [-0.2, -0.15) is 0 Å². The van der Waals surface area contributed by atoms with Crippen molar-refractivity contribution >= 4 is 29.2 Å². The maximum Gasteiger partial charge on any atom is 0.323 e. The molecule has 104 valence electrons. The van der Waals surface area contributed by atoms with Gasteiger partial charge in [-0.1, -0.05) is 17.7 Å². The van der Waals surface area contributed by atoms with E-state index < -0.39 is 5.97 Å². The number of nitrogens with zero attached hydrogens (tertiary/aromatic N) is 2. The third-order valence-electron chi connectivity index (χ3n) is 2.49. The minimum atomic E-state index is -1.06. The van der Waals surface area contributed by atoms with Gasteiger partial charge in [-0.25, -0.2) is 0 Å². The molecule has 1 amide bonds. The Kier molecular flexibility index (Phi) is 5.79. The minimum absolute atomic E-state index is 0.238. The number of carboxylic acid groups (broad SMARTS) is 1. The van der Waals surface area contributed by atoms with E-state index in [4.69, 9.17) is 16.7 Å². The molecule has 0 aliphatic heterocycles. The van der Waals surface area contributed by atoms with Crippen molar-refractivity contribution in [2.24, 2.45) is 0 Å². The molecule has 0 aliphatic rings. The van der Waals surface area contributed by atoms with Crippen LogP contribution in [0.2, 0.25) is 5.02 Å². The number of aliphatic carboxylic acids is 1. The molecule has 0 unspecified atom stereocenters. The van der Waals surface area contributed by atoms with Crippen molar-refractivity contribution in [3.8, 4) is 0 Å². The normalized spacial score (nSPS) is 10.5. The minimum Gasteiger partial charge on any atom is -0.480 e. The van der Waals surface area contributed by atoms with E-state index in [1.165, 1.54) is 4.90 Å². The van der Waals surface area contributed by atoms with Gasteiger partial charge in [0.1, 0.15) is 6.54 Å². The van der Waals surface area contributed by atoms with Crippen molar-refractivity contribution in [2.75, 3.05) is 32.1 Å². The fourth-order valence-corrected chi connectivity index (χ4v) is 1.74. The van der Waals surface area contributed by atoms with E-state index in [9.17, 15) is 9.59 Å². The number of anilines is 1. The number of halogens is 1. The van der Waals surface area contributed by atoms with Gasteiger partial charge in [-0.05, 0) is 32.3 Å². The van der Waals surface area contributed by atoms with Gasteiger partial charge in [0.15, 0.2) is 0 Å². The Morgan fingerprint density at radius 1 is 1.32 bits per heavy atom. The van der Waals surface area contributed by atoms with Crippen LogP contribution in [-0.2, 0) is 9.59 Å². The van der Waals surface area contributed by atoms with Gasteiger partial charge < -0.3 is 14.9 Å². The molecule has 0 spiro atoms. The highest BCUT2D eigenvalue weighted by Crippen LogP contribution is 2.20. The number of hydrogen-bond acceptors (Lipinski definition) is 3. The van der Waals surface area contributed by atoms with Crippen LogP contribution in [0.15, 0.2) is 24.3 Å². The highest BCUT2D eigenvalue weighted by Gasteiger charge is 2.18. The second-order valence-corrected chi connectivity index (χ2v) is 4.84. The molecular weight excluding hydrogens is 268 g/mol. The zero-order valence-corrected chi connectivity index (χ0v) is 11.7. The van der Waals surface area contributed by atoms with Crippen LogP contribution in [0.4, 0.5) is 5.69 Å². The number of rotatable bonds is 6. The molecule has 0 aromatic heterocycles. The van der Waals surface area contributed by atoms with Crippen LogP contribution < -0.4 is 4.90 Å². The molecule has 0 radical (unpaired) electrons. The van der Waals surface area contributed by atoms with Crippen molar-refractivity contribution < 1.29 is 14.7 Å². The Morgan fingerprint density at radius 3 is 2.53 bits per heavy atom. The summed E-state index contributed by atoms with van der Waals surface area (Å²) < 4.78 is 0. The predicted octanol–water partition coefficient (Wildman–Crippen LogP) is 1.71. The first-order chi connectivity index (χ1) is 8.90. The lowest BCUT2D eigenvalue weighted by molar-refractivity contribution is -0.136. The van der Waals surface area contributed by atoms with Gasteiger partial charge in [-0.15, -0.1) is 0 Å². The Morgan fingerprint density at radius 2 is 2.00 bits per heavy atom. The van der Waals surface area contributed by atoms with Crippen LogP contribution in [0.5, 0.6) is 0 Å². The highest BCUT2D eigenvalue weighted by atomic mass is 35.5. The van der Waals surface area contributed by atoms with Gasteiger partial charge in [0.05, 0.1) is 0 Å². The van der Waals surface area contributed by atoms with Crippen LogP contribution >= 0.6 is 11.6 Å². The Hall–Kier alpha value is -1.59. The lowest BCUT2D eigenvalue weighted by atomic mass is 10.2. The zero-order valence-electron chi connectivity index (χ0n) is 11.0. The summed E-state index contributed by atoms with van der Waals surface area (Å²) in [6, 6.07) is 6.61. The number of benzene rings is 1. The molecule has 19 heavy (non-hydrogen) atoms. The molecule has 0 saturated heterocycles. The largest absolute Gasteiger partial charge is 0.480 e. The summed E-state index contributed by atoms with van der Waals surface area (Å²) in [7, 11) is 3.71. The summed E-state index contributed by atoms with van der Waals surface area (Å²) in [5.74, 6) is -1.29. The van der Waals surface area contributed by atoms with Crippen molar-refractivity contribution in [2.45, 2.75) is 6.42 Å². The lowest BCUT2D eigenvalue weighted by Gasteiger charge is -2.22. The second-order valence-electron chi connectivity index (χ2n) is 4.41. The molecule has 0 fully saturated rings. The smallest absolute Gasteiger partial charge is 0.323 e. The molecule has 0 saturated carbocycles. The quantitative estimate of drug-likeness (QED) is 0.864. The maximum atomic E-state index is 12.1. The SMILES string of the molecule is CN(C)CCC(=O)N(CC(=O)O)c1cccc(Cl)c1. The average molecular weight is 285 g/mol. The van der Waals surface area contributed by atoms with E-state index in [0.29, 0.717) is 17.3 Å². The molecule has 1 aromatic carbocycles. The highest BCUT2D eigenvalue weighted by molar-refractivity contribution is 6.30. The third-order valence-corrected chi connectivity index (χ3v) is 2.72. The molecule has 0 heterocycles. The lowest BCUT2D eigenvalue weighted by Crippen LogP contribution is -2.37. The van der Waals surface area contributed by atoms with E-state index in [1.54, 1.807) is 24.3 Å². The van der Waals surface area contributed by atoms with E-state index >= 15 is 0 Å². The monoisotopic (exact) mass is 284 g/mol. The van der Waals surface area contributed by atoms with Gasteiger partial charge in [0.2, 0.25) is 5.91 Å². The van der Waals surface area contributed by atoms with Crippen molar-refractivity contribution in [1.82, 2.24) is 4.90 Å². The fourth-order valence-electron chi connectivity index (χ4n) is 1.56. The molecular formula is C13H17ClN2O3. The van der Waals surface area contributed by atoms with E-state index in [1.807, 2.05) is 19.0 Å². The standard InChI is InChI=1S/C13H17ClN2O3/c1-15(2)7-6-12(17)16(9-13(18)19)11-5-3-4-10(14)8-11/h3-5,8H,6-7,9H2,1-2H3,(H,18,19). The van der Waals surface area contributed by atoms with Gasteiger partial charge >= 0.3 is 5.97 Å². The van der Waals surface area contributed by atoms with Gasteiger partial charge in [0, 0.05) is 23.7 Å². The summed E-state index contributed by atoms with van der Waals surface area (Å²) in [5, 5.41) is 9.37. The van der Waals surface area contributed by atoms with Crippen LogP contribution in [0, 0.1) is 0 Å². The molecule has 0 aliphatic carbocycles. The Bertz CT molecular complexity index is 463. The third kappa shape index (κ3) is 5.28. The summed E-state index contributed by atoms with van der Waals surface area (Å²) in [5.41, 5.74) is 0.499. The van der Waals surface area contributed by atoms with E-state index in [2.05, 4.69) is 0 Å². The summed E-state index contributed by atoms with van der Waals surface area (Å²) in [4.78, 5) is 26.1. The summed E-state index contributed by atoms with van der Waals surface area (Å²) in [6.45, 7) is 0.197. The molecule has 0 atom stereocenters. The number of hydrogen-bond donors (Lipinski definition) is 1. The first-order valence-corrected chi connectivity index (χ1v) is 6.20. The van der Waals surface area contributed by atoms with Crippen molar-refractivity contribution in [1.29, 1.82) is 0 Å². The first-order valence-electron chi connectivity index (χ1n) is 5.82. The predicted molar refractivity (Wildman–Crippen MR) is 74.6 cm³/mol. The van der Waals surface area contributed by atoms with E-state index in [0.717, 1.165) is 0 Å². The second kappa shape index (κ2) is 7.11. The topological polar surface area (TPSA) is 60.9 Å². The van der Waals surface area contributed by atoms with Gasteiger partial charge in [0.25, 0.3) is 0 Å². The molecule has 1 rings (SSSR count). The maximum absolute atomic E-state index is 12.1. The van der Waals surface area contributed by atoms with Gasteiger partial charge in [-0.3, -0.25) is 9.59 Å². The fraction of sp³-hybridized carbons (Fsp3) is 0.385. The number of carbonyl (C=O) groups is 2. The number of carboxylic acids is 1. The Balaban J connectivity index is 2.88. The van der Waals surface area contributed by atoms with Crippen molar-refractivity contribution in [3.63, 3.8) is 0 Å². The van der Waals surface area contributed by atoms with Crippen LogP contribution in [-0.4, -0.2) is 49.1 Å². The average Bonchev–Trinajstić information content (AvgIpc) is 2.32. The first kappa shape index (κ1) is 15.5. The molecule has 1 aromatic rings. The molecule has 6 heteroatoms. The molecule has 0 bridgehead atoms. The van der Waals surface area contributed by atoms with Crippen molar-refractivity contribution in [3.05, 3.63) is 29.3 Å². The molecule has 5 nitrogen and oxygen atoms in total.